The Balaban J connectivity index is 1.41. The van der Waals surface area contributed by atoms with E-state index in [1.807, 2.05) is 0 Å². The van der Waals surface area contributed by atoms with Gasteiger partial charge in [-0.05, 0) is 61.3 Å². The summed E-state index contributed by atoms with van der Waals surface area (Å²) in [5.41, 5.74) is -0.723. The number of imide groups is 1. The molecule has 1 spiro atoms. The molecule has 3 rings (SSSR count). The third-order valence-corrected chi connectivity index (χ3v) is 6.23. The van der Waals surface area contributed by atoms with Gasteiger partial charge in [0.05, 0.1) is 13.2 Å². The van der Waals surface area contributed by atoms with E-state index in [9.17, 15) is 18.8 Å². The number of urea groups is 1. The predicted molar refractivity (Wildman–Crippen MR) is 112 cm³/mol. The van der Waals surface area contributed by atoms with E-state index >= 15 is 0 Å². The Morgan fingerprint density at radius 2 is 1.81 bits per heavy atom. The van der Waals surface area contributed by atoms with Crippen LogP contribution >= 0.6 is 0 Å². The smallest absolute Gasteiger partial charge is 0.326 e. The minimum atomic E-state index is -0.887. The molecule has 1 aromatic carbocycles. The molecule has 2 aliphatic rings. The van der Waals surface area contributed by atoms with Gasteiger partial charge >= 0.3 is 12.0 Å². The number of ether oxygens (including phenoxy) is 2. The van der Waals surface area contributed by atoms with E-state index in [0.717, 1.165) is 17.7 Å². The van der Waals surface area contributed by atoms with Crippen LogP contribution in [-0.4, -0.2) is 48.1 Å². The van der Waals surface area contributed by atoms with Crippen molar-refractivity contribution in [3.05, 3.63) is 30.1 Å². The number of nitrogens with one attached hydrogen (secondary N) is 1. The SMILES string of the molecule is CC(C)(C)C1CCC2(CC1)NC(=O)N(CC(=O)OCCCOc1ccc(F)cc1)C2=O. The Labute approximate surface area is 182 Å². The maximum absolute atomic E-state index is 12.9. The number of esters is 1. The maximum atomic E-state index is 12.9. The molecule has 7 nitrogen and oxygen atoms in total. The summed E-state index contributed by atoms with van der Waals surface area (Å²) in [6.07, 6.45) is 3.34. The van der Waals surface area contributed by atoms with Crippen molar-refractivity contribution in [2.45, 2.75) is 58.4 Å². The first-order valence-corrected chi connectivity index (χ1v) is 10.8. The number of carbonyl (C=O) groups is 3. The summed E-state index contributed by atoms with van der Waals surface area (Å²) in [6, 6.07) is 5.11. The Bertz CT molecular complexity index is 810. The number of benzene rings is 1. The molecular weight excluding hydrogens is 403 g/mol. The summed E-state index contributed by atoms with van der Waals surface area (Å²) in [4.78, 5) is 38.4. The van der Waals surface area contributed by atoms with Crippen LogP contribution in [0.4, 0.5) is 9.18 Å². The molecule has 1 saturated heterocycles. The summed E-state index contributed by atoms with van der Waals surface area (Å²) in [5, 5.41) is 2.83. The predicted octanol–water partition coefficient (Wildman–Crippen LogP) is 3.66. The van der Waals surface area contributed by atoms with Gasteiger partial charge in [-0.15, -0.1) is 0 Å². The highest BCUT2D eigenvalue weighted by atomic mass is 19.1. The van der Waals surface area contributed by atoms with Crippen molar-refractivity contribution in [3.63, 3.8) is 0 Å². The fourth-order valence-corrected chi connectivity index (χ4v) is 4.28. The average Bonchev–Trinajstić information content (AvgIpc) is 2.93. The second-order valence-corrected chi connectivity index (χ2v) is 9.42. The molecule has 3 amide bonds. The van der Waals surface area contributed by atoms with Crippen LogP contribution in [0.5, 0.6) is 5.75 Å². The van der Waals surface area contributed by atoms with Gasteiger partial charge < -0.3 is 14.8 Å². The van der Waals surface area contributed by atoms with Gasteiger partial charge in [0.1, 0.15) is 23.7 Å². The summed E-state index contributed by atoms with van der Waals surface area (Å²) in [7, 11) is 0. The van der Waals surface area contributed by atoms with E-state index in [4.69, 9.17) is 9.47 Å². The van der Waals surface area contributed by atoms with Crippen molar-refractivity contribution < 1.29 is 28.2 Å². The van der Waals surface area contributed by atoms with Crippen molar-refractivity contribution in [2.75, 3.05) is 19.8 Å². The van der Waals surface area contributed by atoms with Gasteiger partial charge in [-0.2, -0.15) is 0 Å². The lowest BCUT2D eigenvalue weighted by atomic mass is 9.67. The normalized spacial score (nSPS) is 23.7. The van der Waals surface area contributed by atoms with Crippen molar-refractivity contribution >= 4 is 17.9 Å². The number of carbonyl (C=O) groups excluding carboxylic acids is 3. The fraction of sp³-hybridized carbons (Fsp3) is 0.609. The van der Waals surface area contributed by atoms with Crippen LogP contribution in [0.15, 0.2) is 24.3 Å². The molecule has 8 heteroatoms. The Morgan fingerprint density at radius 1 is 1.16 bits per heavy atom. The van der Waals surface area contributed by atoms with Gasteiger partial charge in [0, 0.05) is 6.42 Å². The molecule has 0 radical (unpaired) electrons. The van der Waals surface area contributed by atoms with Gasteiger partial charge in [-0.1, -0.05) is 20.8 Å². The average molecular weight is 435 g/mol. The van der Waals surface area contributed by atoms with Crippen molar-refractivity contribution in [1.29, 1.82) is 0 Å². The maximum Gasteiger partial charge on any atom is 0.326 e. The lowest BCUT2D eigenvalue weighted by molar-refractivity contribution is -0.148. The molecule has 1 heterocycles. The van der Waals surface area contributed by atoms with E-state index in [1.54, 1.807) is 0 Å². The van der Waals surface area contributed by atoms with Crippen LogP contribution in [0.1, 0.15) is 52.9 Å². The molecule has 0 atom stereocenters. The summed E-state index contributed by atoms with van der Waals surface area (Å²) >= 11 is 0. The number of hydrogen-bond acceptors (Lipinski definition) is 5. The molecule has 1 aromatic rings. The van der Waals surface area contributed by atoms with E-state index < -0.39 is 24.1 Å². The van der Waals surface area contributed by atoms with Crippen LogP contribution < -0.4 is 10.1 Å². The number of nitrogens with zero attached hydrogens (tertiary/aromatic N) is 1. The minimum Gasteiger partial charge on any atom is -0.493 e. The third kappa shape index (κ3) is 5.54. The number of amides is 3. The molecule has 1 aliphatic heterocycles. The van der Waals surface area contributed by atoms with Crippen molar-refractivity contribution in [1.82, 2.24) is 10.2 Å². The molecule has 1 N–H and O–H groups in total. The molecule has 31 heavy (non-hydrogen) atoms. The van der Waals surface area contributed by atoms with Gasteiger partial charge in [-0.3, -0.25) is 14.5 Å². The molecular formula is C23H31FN2O5. The standard InChI is InChI=1S/C23H31FN2O5/c1-22(2,3)16-9-11-23(12-10-16)20(28)26(21(29)25-23)15-19(27)31-14-4-13-30-18-7-5-17(24)6-8-18/h5-8,16H,4,9-15H2,1-3H3,(H,25,29). The Hall–Kier alpha value is -2.64. The highest BCUT2D eigenvalue weighted by molar-refractivity contribution is 6.08. The quantitative estimate of drug-likeness (QED) is 0.402. The van der Waals surface area contributed by atoms with Gasteiger partial charge in [0.2, 0.25) is 0 Å². The van der Waals surface area contributed by atoms with E-state index in [0.29, 0.717) is 37.5 Å². The first-order valence-electron chi connectivity index (χ1n) is 10.8. The molecule has 2 fully saturated rings. The zero-order chi connectivity index (χ0) is 22.6. The highest BCUT2D eigenvalue weighted by Gasteiger charge is 2.53. The number of rotatable bonds is 7. The molecule has 170 valence electrons. The fourth-order valence-electron chi connectivity index (χ4n) is 4.28. The van der Waals surface area contributed by atoms with E-state index in [2.05, 4.69) is 26.1 Å². The third-order valence-electron chi connectivity index (χ3n) is 6.23. The second kappa shape index (κ2) is 9.24. The van der Waals surface area contributed by atoms with E-state index in [1.165, 1.54) is 24.3 Å². The highest BCUT2D eigenvalue weighted by Crippen LogP contribution is 2.43. The number of halogens is 1. The van der Waals surface area contributed by atoms with Crippen molar-refractivity contribution in [3.8, 4) is 5.75 Å². The van der Waals surface area contributed by atoms with E-state index in [-0.39, 0.29) is 23.7 Å². The first kappa shape index (κ1) is 23.0. The summed E-state index contributed by atoms with van der Waals surface area (Å²) in [6.45, 7) is 6.57. The van der Waals surface area contributed by atoms with Crippen LogP contribution in [0.2, 0.25) is 0 Å². The first-order chi connectivity index (χ1) is 14.6. The van der Waals surface area contributed by atoms with Gasteiger partial charge in [0.15, 0.2) is 0 Å². The Kier molecular flexibility index (Phi) is 6.86. The van der Waals surface area contributed by atoms with Crippen LogP contribution in [0.25, 0.3) is 0 Å². The number of hydrogen-bond donors (Lipinski definition) is 1. The zero-order valence-corrected chi connectivity index (χ0v) is 18.4. The molecule has 0 aromatic heterocycles. The molecule has 1 saturated carbocycles. The monoisotopic (exact) mass is 434 g/mol. The van der Waals surface area contributed by atoms with Gasteiger partial charge in [0.25, 0.3) is 5.91 Å². The topological polar surface area (TPSA) is 84.9 Å². The van der Waals surface area contributed by atoms with Crippen LogP contribution in [-0.2, 0) is 14.3 Å². The van der Waals surface area contributed by atoms with Crippen LogP contribution in [0.3, 0.4) is 0 Å². The lowest BCUT2D eigenvalue weighted by Crippen LogP contribution is -2.50. The largest absolute Gasteiger partial charge is 0.493 e. The minimum absolute atomic E-state index is 0.0993. The summed E-state index contributed by atoms with van der Waals surface area (Å²) < 4.78 is 23.4. The van der Waals surface area contributed by atoms with Crippen LogP contribution in [0, 0.1) is 17.2 Å². The Morgan fingerprint density at radius 3 is 2.42 bits per heavy atom. The van der Waals surface area contributed by atoms with Gasteiger partial charge in [-0.25, -0.2) is 9.18 Å². The molecule has 0 unspecified atom stereocenters. The zero-order valence-electron chi connectivity index (χ0n) is 18.4. The van der Waals surface area contributed by atoms with Crippen molar-refractivity contribution in [2.24, 2.45) is 11.3 Å². The lowest BCUT2D eigenvalue weighted by Gasteiger charge is -2.40. The molecule has 0 bridgehead atoms. The summed E-state index contributed by atoms with van der Waals surface area (Å²) in [5.74, 6) is -0.282. The second-order valence-electron chi connectivity index (χ2n) is 9.42. The molecule has 1 aliphatic carbocycles.